The molecule has 126 valence electrons. The van der Waals surface area contributed by atoms with Crippen molar-refractivity contribution in [1.29, 1.82) is 0 Å². The van der Waals surface area contributed by atoms with Crippen molar-refractivity contribution in [2.24, 2.45) is 0 Å². The average Bonchev–Trinajstić information content (AvgIpc) is 2.51. The van der Waals surface area contributed by atoms with Crippen LogP contribution in [-0.4, -0.2) is 17.3 Å². The summed E-state index contributed by atoms with van der Waals surface area (Å²) in [6.07, 6.45) is -12.4. The van der Waals surface area contributed by atoms with E-state index in [0.717, 1.165) is 6.07 Å². The zero-order chi connectivity index (χ0) is 17.8. The first-order valence-corrected chi connectivity index (χ1v) is 6.67. The monoisotopic (exact) mass is 347 g/mol. The summed E-state index contributed by atoms with van der Waals surface area (Å²) in [4.78, 5) is 3.39. The van der Waals surface area contributed by atoms with E-state index in [1.54, 1.807) is 6.07 Å². The molecule has 8 heteroatoms. The molecule has 1 nitrogen and oxygen atoms in total. The normalized spacial score (nSPS) is 13.6. The van der Waals surface area contributed by atoms with Crippen molar-refractivity contribution in [2.75, 3.05) is 0 Å². The van der Waals surface area contributed by atoms with Gasteiger partial charge in [-0.25, -0.2) is 9.37 Å². The third kappa shape index (κ3) is 2.20. The zero-order valence-corrected chi connectivity index (χ0v) is 11.7. The maximum absolute atomic E-state index is 14.5. The quantitative estimate of drug-likeness (QED) is 0.408. The Morgan fingerprint density at radius 1 is 0.583 bits per heavy atom. The van der Waals surface area contributed by atoms with E-state index in [-0.39, 0.29) is 10.9 Å². The van der Waals surface area contributed by atoms with E-state index >= 15 is 0 Å². The second-order valence-electron chi connectivity index (χ2n) is 5.18. The van der Waals surface area contributed by atoms with Crippen LogP contribution in [0, 0.1) is 0 Å². The molecule has 1 heterocycles. The molecule has 3 rings (SSSR count). The highest BCUT2D eigenvalue weighted by Gasteiger charge is 2.75. The molecular formula is C16H8F7N. The summed E-state index contributed by atoms with van der Waals surface area (Å²) < 4.78 is 93.0. The fraction of sp³-hybridized carbons (Fsp3) is 0.188. The molecule has 0 aliphatic rings. The molecule has 0 radical (unpaired) electrons. The lowest BCUT2D eigenvalue weighted by Crippen LogP contribution is -2.51. The van der Waals surface area contributed by atoms with Gasteiger partial charge in [0, 0.05) is 10.8 Å². The van der Waals surface area contributed by atoms with Crippen LogP contribution < -0.4 is 0 Å². The molecule has 0 amide bonds. The van der Waals surface area contributed by atoms with Crippen molar-refractivity contribution in [1.82, 2.24) is 4.98 Å². The van der Waals surface area contributed by atoms with Gasteiger partial charge in [0.25, 0.3) is 0 Å². The molecule has 0 atom stereocenters. The molecule has 0 N–H and O–H groups in total. The van der Waals surface area contributed by atoms with Gasteiger partial charge in [-0.2, -0.15) is 26.3 Å². The molecule has 3 aromatic rings. The molecular weight excluding hydrogens is 339 g/mol. The van der Waals surface area contributed by atoms with Gasteiger partial charge in [-0.05, 0) is 11.5 Å². The van der Waals surface area contributed by atoms with Crippen LogP contribution in [-0.2, 0) is 5.67 Å². The molecule has 0 saturated carbocycles. The third-order valence-corrected chi connectivity index (χ3v) is 3.72. The summed E-state index contributed by atoms with van der Waals surface area (Å²) in [5.41, 5.74) is -7.41. The van der Waals surface area contributed by atoms with Crippen LogP contribution in [0.1, 0.15) is 5.69 Å². The molecule has 24 heavy (non-hydrogen) atoms. The average molecular weight is 347 g/mol. The van der Waals surface area contributed by atoms with Gasteiger partial charge in [-0.15, -0.1) is 0 Å². The van der Waals surface area contributed by atoms with E-state index in [4.69, 9.17) is 0 Å². The molecule has 0 saturated heterocycles. The molecule has 0 unspecified atom stereocenters. The predicted octanol–water partition coefficient (Wildman–Crippen LogP) is 5.68. The Labute approximate surface area is 130 Å². The maximum Gasteiger partial charge on any atom is 0.437 e. The van der Waals surface area contributed by atoms with E-state index in [0.29, 0.717) is 5.39 Å². The Morgan fingerprint density at radius 3 is 1.58 bits per heavy atom. The van der Waals surface area contributed by atoms with Gasteiger partial charge in [-0.3, -0.25) is 0 Å². The van der Waals surface area contributed by atoms with Crippen molar-refractivity contribution in [3.63, 3.8) is 0 Å². The van der Waals surface area contributed by atoms with Crippen LogP contribution in [0.25, 0.3) is 21.7 Å². The van der Waals surface area contributed by atoms with Crippen molar-refractivity contribution in [3.8, 4) is 0 Å². The van der Waals surface area contributed by atoms with E-state index in [2.05, 4.69) is 4.98 Å². The highest BCUT2D eigenvalue weighted by molar-refractivity contribution is 6.06. The van der Waals surface area contributed by atoms with Crippen LogP contribution in [0.3, 0.4) is 0 Å². The van der Waals surface area contributed by atoms with E-state index in [9.17, 15) is 30.7 Å². The van der Waals surface area contributed by atoms with E-state index < -0.39 is 29.1 Å². The zero-order valence-electron chi connectivity index (χ0n) is 11.7. The standard InChI is InChI=1S/C16H8F7N/c17-14(15(18,19)20,16(21,22)23)13-11-7-2-1-5-9(11)10-6-3-4-8-12(10)24-13/h1-8H. The number of hydrogen-bond acceptors (Lipinski definition) is 1. The number of halogens is 7. The maximum atomic E-state index is 14.5. The Kier molecular flexibility index (Phi) is 3.47. The molecule has 0 aliphatic heterocycles. The number of hydrogen-bond donors (Lipinski definition) is 0. The van der Waals surface area contributed by atoms with Crippen LogP contribution in [0.2, 0.25) is 0 Å². The van der Waals surface area contributed by atoms with E-state index in [1.807, 2.05) is 0 Å². The van der Waals surface area contributed by atoms with Crippen molar-refractivity contribution in [2.45, 2.75) is 18.0 Å². The lowest BCUT2D eigenvalue weighted by Gasteiger charge is -2.30. The second-order valence-corrected chi connectivity index (χ2v) is 5.18. The van der Waals surface area contributed by atoms with Crippen LogP contribution in [0.5, 0.6) is 0 Å². The summed E-state index contributed by atoms with van der Waals surface area (Å²) in [6, 6.07) is 10.7. The third-order valence-electron chi connectivity index (χ3n) is 3.72. The molecule has 0 spiro atoms. The van der Waals surface area contributed by atoms with Gasteiger partial charge in [0.2, 0.25) is 0 Å². The molecule has 0 fully saturated rings. The highest BCUT2D eigenvalue weighted by Crippen LogP contribution is 2.54. The molecule has 0 aliphatic carbocycles. The number of para-hydroxylation sites is 1. The van der Waals surface area contributed by atoms with Gasteiger partial charge >= 0.3 is 18.0 Å². The Hall–Kier alpha value is -2.38. The van der Waals surface area contributed by atoms with Crippen molar-refractivity contribution in [3.05, 3.63) is 54.2 Å². The predicted molar refractivity (Wildman–Crippen MR) is 74.1 cm³/mol. The van der Waals surface area contributed by atoms with Gasteiger partial charge < -0.3 is 0 Å². The Morgan fingerprint density at radius 2 is 1.04 bits per heavy atom. The summed E-state index contributed by atoms with van der Waals surface area (Å²) in [6.45, 7) is 0. The number of nitrogens with zero attached hydrogens (tertiary/aromatic N) is 1. The van der Waals surface area contributed by atoms with E-state index in [1.165, 1.54) is 36.4 Å². The number of aromatic nitrogens is 1. The first-order chi connectivity index (χ1) is 11.1. The lowest BCUT2D eigenvalue weighted by atomic mass is 9.93. The number of pyridine rings is 1. The minimum Gasteiger partial charge on any atom is -0.248 e. The van der Waals surface area contributed by atoms with Crippen molar-refractivity contribution < 1.29 is 30.7 Å². The fourth-order valence-corrected chi connectivity index (χ4v) is 2.60. The first-order valence-electron chi connectivity index (χ1n) is 6.67. The Balaban J connectivity index is 2.52. The van der Waals surface area contributed by atoms with Gasteiger partial charge in [0.15, 0.2) is 0 Å². The smallest absolute Gasteiger partial charge is 0.248 e. The van der Waals surface area contributed by atoms with Gasteiger partial charge in [-0.1, -0.05) is 42.5 Å². The summed E-state index contributed by atoms with van der Waals surface area (Å²) in [7, 11) is 0. The second kappa shape index (κ2) is 5.06. The fourth-order valence-electron chi connectivity index (χ4n) is 2.60. The summed E-state index contributed by atoms with van der Waals surface area (Å²) >= 11 is 0. The van der Waals surface area contributed by atoms with Gasteiger partial charge in [0.05, 0.1) is 5.52 Å². The first kappa shape index (κ1) is 16.5. The minimum absolute atomic E-state index is 0.0635. The number of fused-ring (bicyclic) bond motifs is 3. The number of rotatable bonds is 1. The summed E-state index contributed by atoms with van der Waals surface area (Å²) in [5.74, 6) is 0. The van der Waals surface area contributed by atoms with Crippen LogP contribution >= 0.6 is 0 Å². The van der Waals surface area contributed by atoms with Gasteiger partial charge in [0.1, 0.15) is 5.69 Å². The molecule has 2 aromatic carbocycles. The minimum atomic E-state index is -6.20. The summed E-state index contributed by atoms with van der Waals surface area (Å²) in [5, 5.41) is -0.134. The lowest BCUT2D eigenvalue weighted by molar-refractivity contribution is -0.349. The SMILES string of the molecule is FC(F)(F)C(F)(c1nc2ccccc2c2ccccc12)C(F)(F)F. The molecule has 0 bridgehead atoms. The van der Waals surface area contributed by atoms with Crippen LogP contribution in [0.15, 0.2) is 48.5 Å². The largest absolute Gasteiger partial charge is 0.437 e. The van der Waals surface area contributed by atoms with Crippen molar-refractivity contribution >= 4 is 21.7 Å². The molecule has 1 aromatic heterocycles. The Bertz CT molecular complexity index is 898. The number of benzene rings is 2. The topological polar surface area (TPSA) is 12.9 Å². The highest BCUT2D eigenvalue weighted by atomic mass is 19.4. The number of alkyl halides is 7. The van der Waals surface area contributed by atoms with Crippen LogP contribution in [0.4, 0.5) is 30.7 Å².